The molecule has 0 aliphatic carbocycles. The van der Waals surface area contributed by atoms with Crippen molar-refractivity contribution < 1.29 is 17.9 Å². The molecule has 0 atom stereocenters. The minimum absolute atomic E-state index is 0.116. The molecule has 0 unspecified atom stereocenters. The quantitative estimate of drug-likeness (QED) is 0.669. The Morgan fingerprint density at radius 2 is 2.08 bits per heavy atom. The summed E-state index contributed by atoms with van der Waals surface area (Å²) in [6, 6.07) is 6.08. The fraction of sp³-hybridized carbons (Fsp3) is 0.143. The molecule has 1 nitrogen and oxygen atoms in total. The van der Waals surface area contributed by atoms with Crippen LogP contribution in [-0.2, 0) is 0 Å². The Morgan fingerprint density at radius 1 is 1.42 bits per heavy atom. The molecule has 1 aromatic rings. The van der Waals surface area contributed by atoms with E-state index in [4.69, 9.17) is 11.6 Å². The molecule has 5 heteroatoms. The molecule has 0 saturated carbocycles. The Bertz CT molecular complexity index is 272. The van der Waals surface area contributed by atoms with Crippen LogP contribution in [-0.4, -0.2) is 6.36 Å². The standard InChI is InChI=1S/C7H3ClF3O/c8-5-3-1-2-4-6(5)12-7(9,10)11/h2-4H. The number of ether oxygens (including phenoxy) is 1. The molecule has 0 heterocycles. The first-order valence-corrected chi connectivity index (χ1v) is 3.28. The van der Waals surface area contributed by atoms with Crippen molar-refractivity contribution in [2.45, 2.75) is 6.36 Å². The summed E-state index contributed by atoms with van der Waals surface area (Å²) in [4.78, 5) is 0. The summed E-state index contributed by atoms with van der Waals surface area (Å²) in [5, 5.41) is -0.116. The van der Waals surface area contributed by atoms with Crippen LogP contribution in [0.2, 0.25) is 5.02 Å². The molecule has 65 valence electrons. The van der Waals surface area contributed by atoms with E-state index < -0.39 is 12.1 Å². The van der Waals surface area contributed by atoms with Crippen molar-refractivity contribution in [3.05, 3.63) is 29.3 Å². The zero-order chi connectivity index (χ0) is 9.19. The maximum absolute atomic E-state index is 11.6. The molecule has 12 heavy (non-hydrogen) atoms. The van der Waals surface area contributed by atoms with E-state index in [2.05, 4.69) is 10.8 Å². The molecular weight excluding hydrogens is 193 g/mol. The number of hydrogen-bond donors (Lipinski definition) is 0. The first kappa shape index (κ1) is 9.19. The molecule has 0 aliphatic rings. The summed E-state index contributed by atoms with van der Waals surface area (Å²) in [6.07, 6.45) is -4.70. The number of benzene rings is 1. The van der Waals surface area contributed by atoms with Gasteiger partial charge in [0.2, 0.25) is 0 Å². The Hall–Kier alpha value is -0.900. The fourth-order valence-electron chi connectivity index (χ4n) is 0.603. The smallest absolute Gasteiger partial charge is 0.404 e. The molecule has 1 aromatic carbocycles. The molecule has 0 spiro atoms. The number of halogens is 4. The lowest BCUT2D eigenvalue weighted by molar-refractivity contribution is -0.274. The molecule has 0 fully saturated rings. The average molecular weight is 196 g/mol. The molecule has 0 aromatic heterocycles. The van der Waals surface area contributed by atoms with Gasteiger partial charge in [-0.1, -0.05) is 17.7 Å². The van der Waals surface area contributed by atoms with Crippen molar-refractivity contribution >= 4 is 11.6 Å². The van der Waals surface area contributed by atoms with E-state index in [0.717, 1.165) is 6.07 Å². The summed E-state index contributed by atoms with van der Waals surface area (Å²) in [6.45, 7) is 0. The van der Waals surface area contributed by atoms with E-state index in [1.54, 1.807) is 0 Å². The summed E-state index contributed by atoms with van der Waals surface area (Å²) < 4.78 is 38.5. The van der Waals surface area contributed by atoms with Crippen LogP contribution >= 0.6 is 11.6 Å². The van der Waals surface area contributed by atoms with E-state index in [1.165, 1.54) is 12.1 Å². The van der Waals surface area contributed by atoms with Gasteiger partial charge in [-0.25, -0.2) is 0 Å². The Labute approximate surface area is 71.7 Å². The molecule has 1 rings (SSSR count). The van der Waals surface area contributed by atoms with Gasteiger partial charge in [-0.05, 0) is 18.2 Å². The Morgan fingerprint density at radius 3 is 2.58 bits per heavy atom. The van der Waals surface area contributed by atoms with Gasteiger partial charge >= 0.3 is 6.36 Å². The first-order chi connectivity index (χ1) is 5.49. The first-order valence-electron chi connectivity index (χ1n) is 2.90. The van der Waals surface area contributed by atoms with Gasteiger partial charge in [-0.2, -0.15) is 0 Å². The SMILES string of the molecule is FC(F)(F)Oc1cc[c]cc1Cl. The highest BCUT2D eigenvalue weighted by molar-refractivity contribution is 6.32. The molecule has 0 aliphatic heterocycles. The fourth-order valence-corrected chi connectivity index (χ4v) is 0.768. The van der Waals surface area contributed by atoms with E-state index in [0.29, 0.717) is 0 Å². The van der Waals surface area contributed by atoms with Crippen molar-refractivity contribution in [3.8, 4) is 5.75 Å². The second-order valence-electron chi connectivity index (χ2n) is 1.90. The normalized spacial score (nSPS) is 11.3. The number of alkyl halides is 3. The van der Waals surface area contributed by atoms with Gasteiger partial charge in [0.1, 0.15) is 5.75 Å². The largest absolute Gasteiger partial charge is 0.573 e. The van der Waals surface area contributed by atoms with Gasteiger partial charge < -0.3 is 4.74 Å². The van der Waals surface area contributed by atoms with Crippen LogP contribution in [0, 0.1) is 6.07 Å². The van der Waals surface area contributed by atoms with Gasteiger partial charge in [0.15, 0.2) is 0 Å². The predicted octanol–water partition coefficient (Wildman–Crippen LogP) is 3.04. The van der Waals surface area contributed by atoms with Crippen LogP contribution in [0.5, 0.6) is 5.75 Å². The van der Waals surface area contributed by atoms with Gasteiger partial charge in [-0.15, -0.1) is 13.2 Å². The van der Waals surface area contributed by atoms with Crippen molar-refractivity contribution in [1.82, 2.24) is 0 Å². The molecular formula is C7H3ClF3O. The minimum Gasteiger partial charge on any atom is -0.404 e. The van der Waals surface area contributed by atoms with E-state index in [1.807, 2.05) is 0 Å². The van der Waals surface area contributed by atoms with Gasteiger partial charge in [-0.3, -0.25) is 0 Å². The highest BCUT2D eigenvalue weighted by Gasteiger charge is 2.31. The van der Waals surface area contributed by atoms with Crippen LogP contribution in [0.15, 0.2) is 18.2 Å². The minimum atomic E-state index is -4.70. The van der Waals surface area contributed by atoms with Crippen molar-refractivity contribution in [3.63, 3.8) is 0 Å². The van der Waals surface area contributed by atoms with Gasteiger partial charge in [0.05, 0.1) is 5.02 Å². The lowest BCUT2D eigenvalue weighted by atomic mass is 10.3. The second-order valence-corrected chi connectivity index (χ2v) is 2.31. The van der Waals surface area contributed by atoms with Crippen LogP contribution in [0.25, 0.3) is 0 Å². The predicted molar refractivity (Wildman–Crippen MR) is 37.0 cm³/mol. The molecule has 0 amide bonds. The highest BCUT2D eigenvalue weighted by Crippen LogP contribution is 2.28. The number of hydrogen-bond acceptors (Lipinski definition) is 1. The van der Waals surface area contributed by atoms with Crippen LogP contribution < -0.4 is 4.74 Å². The van der Waals surface area contributed by atoms with E-state index in [-0.39, 0.29) is 5.02 Å². The highest BCUT2D eigenvalue weighted by atomic mass is 35.5. The average Bonchev–Trinajstić information content (AvgIpc) is 1.91. The van der Waals surface area contributed by atoms with Crippen LogP contribution in [0.4, 0.5) is 13.2 Å². The zero-order valence-corrected chi connectivity index (χ0v) is 6.41. The van der Waals surface area contributed by atoms with E-state index in [9.17, 15) is 13.2 Å². The molecule has 0 saturated heterocycles. The third-order valence-electron chi connectivity index (χ3n) is 1.00. The third-order valence-corrected chi connectivity index (χ3v) is 1.30. The van der Waals surface area contributed by atoms with Crippen molar-refractivity contribution in [2.24, 2.45) is 0 Å². The summed E-state index contributed by atoms with van der Waals surface area (Å²) >= 11 is 5.37. The third kappa shape index (κ3) is 2.62. The Balaban J connectivity index is 2.83. The van der Waals surface area contributed by atoms with Crippen molar-refractivity contribution in [2.75, 3.05) is 0 Å². The van der Waals surface area contributed by atoms with E-state index >= 15 is 0 Å². The van der Waals surface area contributed by atoms with Crippen molar-refractivity contribution in [1.29, 1.82) is 0 Å². The summed E-state index contributed by atoms with van der Waals surface area (Å²) in [5.74, 6) is -0.414. The second kappa shape index (κ2) is 3.23. The lowest BCUT2D eigenvalue weighted by Crippen LogP contribution is -2.17. The number of rotatable bonds is 1. The maximum atomic E-state index is 11.6. The zero-order valence-electron chi connectivity index (χ0n) is 5.65. The topological polar surface area (TPSA) is 9.23 Å². The lowest BCUT2D eigenvalue weighted by Gasteiger charge is -2.09. The van der Waals surface area contributed by atoms with Crippen LogP contribution in [0.3, 0.4) is 0 Å². The molecule has 1 radical (unpaired) electrons. The summed E-state index contributed by atoms with van der Waals surface area (Å²) in [7, 11) is 0. The maximum Gasteiger partial charge on any atom is 0.573 e. The van der Waals surface area contributed by atoms with Gasteiger partial charge in [0, 0.05) is 0 Å². The Kier molecular flexibility index (Phi) is 2.47. The summed E-state index contributed by atoms with van der Waals surface area (Å²) in [5.41, 5.74) is 0. The van der Waals surface area contributed by atoms with Crippen LogP contribution in [0.1, 0.15) is 0 Å². The monoisotopic (exact) mass is 195 g/mol. The molecule has 0 N–H and O–H groups in total. The van der Waals surface area contributed by atoms with Gasteiger partial charge in [0.25, 0.3) is 0 Å². The molecule has 0 bridgehead atoms.